The number of aryl methyl sites for hydroxylation is 1. The van der Waals surface area contributed by atoms with E-state index in [2.05, 4.69) is 10.1 Å². The minimum atomic E-state index is -0.0915. The van der Waals surface area contributed by atoms with Gasteiger partial charge in [0.25, 0.3) is 0 Å². The summed E-state index contributed by atoms with van der Waals surface area (Å²) < 4.78 is 4.98. The van der Waals surface area contributed by atoms with E-state index in [0.717, 1.165) is 38.2 Å². The average Bonchev–Trinajstić information content (AvgIpc) is 2.82. The number of aromatic nitrogens is 2. The smallest absolute Gasteiger partial charge is 0.226 e. The molecule has 2 unspecified atom stereocenters. The van der Waals surface area contributed by atoms with Crippen molar-refractivity contribution in [1.82, 2.24) is 15.0 Å². The van der Waals surface area contributed by atoms with Crippen LogP contribution < -0.4 is 5.73 Å². The van der Waals surface area contributed by atoms with Crippen molar-refractivity contribution in [2.75, 3.05) is 19.6 Å². The highest BCUT2D eigenvalue weighted by molar-refractivity contribution is 5.78. The van der Waals surface area contributed by atoms with Gasteiger partial charge >= 0.3 is 0 Å². The van der Waals surface area contributed by atoms with Gasteiger partial charge in [-0.3, -0.25) is 4.79 Å². The van der Waals surface area contributed by atoms with E-state index in [1.807, 2.05) is 11.8 Å². The third-order valence-electron chi connectivity index (χ3n) is 3.65. The molecular formula is C13H22N4O2. The van der Waals surface area contributed by atoms with Crippen LogP contribution in [0.5, 0.6) is 0 Å². The van der Waals surface area contributed by atoms with Crippen molar-refractivity contribution in [3.05, 3.63) is 11.7 Å². The highest BCUT2D eigenvalue weighted by Gasteiger charge is 2.27. The second-order valence-electron chi connectivity index (χ2n) is 5.36. The van der Waals surface area contributed by atoms with Crippen molar-refractivity contribution in [2.24, 2.45) is 17.6 Å². The van der Waals surface area contributed by atoms with Crippen LogP contribution in [-0.4, -0.2) is 40.6 Å². The molecule has 1 aromatic rings. The predicted octanol–water partition coefficient (Wildman–Crippen LogP) is 0.754. The van der Waals surface area contributed by atoms with Crippen molar-refractivity contribution in [3.63, 3.8) is 0 Å². The first-order valence-electron chi connectivity index (χ1n) is 6.88. The number of piperidine rings is 1. The first kappa shape index (κ1) is 14.0. The highest BCUT2D eigenvalue weighted by Crippen LogP contribution is 2.21. The number of nitrogens with two attached hydrogens (primary N) is 1. The van der Waals surface area contributed by atoms with E-state index in [1.54, 1.807) is 6.92 Å². The summed E-state index contributed by atoms with van der Waals surface area (Å²) in [6.45, 7) is 5.69. The number of carbonyl (C=O) groups excluding carboxylic acids is 1. The number of hydrogen-bond acceptors (Lipinski definition) is 5. The first-order chi connectivity index (χ1) is 9.10. The highest BCUT2D eigenvalue weighted by atomic mass is 16.5. The van der Waals surface area contributed by atoms with Gasteiger partial charge in [-0.05, 0) is 18.8 Å². The summed E-state index contributed by atoms with van der Waals surface area (Å²) in [5.41, 5.74) is 5.56. The van der Waals surface area contributed by atoms with Crippen molar-refractivity contribution in [1.29, 1.82) is 0 Å². The first-order valence-corrected chi connectivity index (χ1v) is 6.88. The molecule has 2 rings (SSSR count). The number of nitrogens with zero attached hydrogens (tertiary/aromatic N) is 3. The molecule has 1 aliphatic heterocycles. The van der Waals surface area contributed by atoms with Crippen LogP contribution in [0.4, 0.5) is 0 Å². The molecule has 2 N–H and O–H groups in total. The summed E-state index contributed by atoms with van der Waals surface area (Å²) in [5, 5.41) is 3.92. The van der Waals surface area contributed by atoms with Gasteiger partial charge in [0, 0.05) is 38.9 Å². The molecule has 0 radical (unpaired) electrons. The van der Waals surface area contributed by atoms with Gasteiger partial charge in [-0.15, -0.1) is 0 Å². The van der Waals surface area contributed by atoms with Crippen LogP contribution in [0.25, 0.3) is 0 Å². The molecule has 1 aromatic heterocycles. The lowest BCUT2D eigenvalue weighted by atomic mass is 9.93. The minimum Gasteiger partial charge on any atom is -0.342 e. The molecule has 2 atom stereocenters. The Balaban J connectivity index is 1.91. The summed E-state index contributed by atoms with van der Waals surface area (Å²) in [7, 11) is 0. The Hall–Kier alpha value is -1.43. The molecule has 6 heteroatoms. The summed E-state index contributed by atoms with van der Waals surface area (Å²) in [6.07, 6.45) is 2.91. The van der Waals surface area contributed by atoms with E-state index in [-0.39, 0.29) is 11.8 Å². The van der Waals surface area contributed by atoms with Crippen LogP contribution in [0, 0.1) is 18.8 Å². The Bertz CT molecular complexity index is 432. The molecule has 6 nitrogen and oxygen atoms in total. The van der Waals surface area contributed by atoms with E-state index in [1.165, 1.54) is 0 Å². The molecular weight excluding hydrogens is 244 g/mol. The zero-order chi connectivity index (χ0) is 13.8. The third kappa shape index (κ3) is 3.53. The quantitative estimate of drug-likeness (QED) is 0.869. The second kappa shape index (κ2) is 6.14. The molecule has 19 heavy (non-hydrogen) atoms. The fraction of sp³-hybridized carbons (Fsp3) is 0.769. The number of amides is 1. The van der Waals surface area contributed by atoms with Gasteiger partial charge in [-0.1, -0.05) is 12.1 Å². The summed E-state index contributed by atoms with van der Waals surface area (Å²) in [6, 6.07) is 0. The Kier molecular flexibility index (Phi) is 4.52. The molecule has 2 heterocycles. The Morgan fingerprint density at radius 2 is 2.42 bits per heavy atom. The van der Waals surface area contributed by atoms with E-state index in [9.17, 15) is 4.79 Å². The zero-order valence-corrected chi connectivity index (χ0v) is 11.6. The largest absolute Gasteiger partial charge is 0.342 e. The topological polar surface area (TPSA) is 85.2 Å². The van der Waals surface area contributed by atoms with Crippen molar-refractivity contribution in [3.8, 4) is 0 Å². The number of likely N-dealkylation sites (tertiary alicyclic amines) is 1. The lowest BCUT2D eigenvalue weighted by Gasteiger charge is -2.33. The van der Waals surface area contributed by atoms with Crippen molar-refractivity contribution in [2.45, 2.75) is 33.1 Å². The van der Waals surface area contributed by atoms with E-state index in [4.69, 9.17) is 10.3 Å². The monoisotopic (exact) mass is 266 g/mol. The Morgan fingerprint density at radius 3 is 3.05 bits per heavy atom. The number of rotatable bonds is 4. The Morgan fingerprint density at radius 1 is 1.63 bits per heavy atom. The predicted molar refractivity (Wildman–Crippen MR) is 70.3 cm³/mol. The van der Waals surface area contributed by atoms with Gasteiger partial charge < -0.3 is 15.2 Å². The SMILES string of the molecule is Cc1nc(CC2CCCN(C(=O)C(C)CN)C2)no1. The standard InChI is InChI=1S/C13H22N4O2/c1-9(7-14)13(18)17-5-3-4-11(8-17)6-12-15-10(2)19-16-12/h9,11H,3-8,14H2,1-2H3. The molecule has 1 fully saturated rings. The van der Waals surface area contributed by atoms with Gasteiger partial charge in [0.1, 0.15) is 0 Å². The molecule has 106 valence electrons. The molecule has 1 aliphatic rings. The van der Waals surface area contributed by atoms with Crippen LogP contribution in [0.3, 0.4) is 0 Å². The summed E-state index contributed by atoms with van der Waals surface area (Å²) >= 11 is 0. The number of carbonyl (C=O) groups is 1. The maximum absolute atomic E-state index is 12.1. The lowest BCUT2D eigenvalue weighted by molar-refractivity contribution is -0.136. The van der Waals surface area contributed by atoms with Crippen LogP contribution in [-0.2, 0) is 11.2 Å². The van der Waals surface area contributed by atoms with Crippen LogP contribution in [0.2, 0.25) is 0 Å². The zero-order valence-electron chi connectivity index (χ0n) is 11.6. The maximum Gasteiger partial charge on any atom is 0.226 e. The summed E-state index contributed by atoms with van der Waals surface area (Å²) in [4.78, 5) is 18.3. The molecule has 0 bridgehead atoms. The fourth-order valence-corrected chi connectivity index (χ4v) is 2.53. The van der Waals surface area contributed by atoms with Gasteiger partial charge in [-0.2, -0.15) is 4.98 Å². The maximum atomic E-state index is 12.1. The third-order valence-corrected chi connectivity index (χ3v) is 3.65. The van der Waals surface area contributed by atoms with Crippen LogP contribution in [0.1, 0.15) is 31.5 Å². The lowest BCUT2D eigenvalue weighted by Crippen LogP contribution is -2.44. The molecule has 1 amide bonds. The van der Waals surface area contributed by atoms with E-state index in [0.29, 0.717) is 18.4 Å². The van der Waals surface area contributed by atoms with Crippen LogP contribution in [0.15, 0.2) is 4.52 Å². The molecule has 0 aliphatic carbocycles. The van der Waals surface area contributed by atoms with Crippen molar-refractivity contribution < 1.29 is 9.32 Å². The van der Waals surface area contributed by atoms with Crippen LogP contribution >= 0.6 is 0 Å². The van der Waals surface area contributed by atoms with Gasteiger partial charge in [0.2, 0.25) is 11.8 Å². The van der Waals surface area contributed by atoms with Gasteiger partial charge in [-0.25, -0.2) is 0 Å². The van der Waals surface area contributed by atoms with Crippen molar-refractivity contribution >= 4 is 5.91 Å². The normalized spacial score (nSPS) is 21.4. The summed E-state index contributed by atoms with van der Waals surface area (Å²) in [5.74, 6) is 1.82. The minimum absolute atomic E-state index is 0.0915. The molecule has 0 aromatic carbocycles. The van der Waals surface area contributed by atoms with Gasteiger partial charge in [0.05, 0.1) is 0 Å². The second-order valence-corrected chi connectivity index (χ2v) is 5.36. The Labute approximate surface area is 113 Å². The van der Waals surface area contributed by atoms with Gasteiger partial charge in [0.15, 0.2) is 5.82 Å². The van der Waals surface area contributed by atoms with E-state index >= 15 is 0 Å². The molecule has 1 saturated heterocycles. The average molecular weight is 266 g/mol. The van der Waals surface area contributed by atoms with E-state index < -0.39 is 0 Å². The molecule has 0 spiro atoms. The number of hydrogen-bond donors (Lipinski definition) is 1. The fourth-order valence-electron chi connectivity index (χ4n) is 2.53. The molecule has 0 saturated carbocycles.